The lowest BCUT2D eigenvalue weighted by Crippen LogP contribution is -2.26. The second-order valence-corrected chi connectivity index (χ2v) is 12.9. The van der Waals surface area contributed by atoms with Crippen molar-refractivity contribution in [3.8, 4) is 22.6 Å². The van der Waals surface area contributed by atoms with Crippen molar-refractivity contribution in [2.45, 2.75) is 89.1 Å². The summed E-state index contributed by atoms with van der Waals surface area (Å²) in [7, 11) is 0. The van der Waals surface area contributed by atoms with Crippen molar-refractivity contribution in [3.63, 3.8) is 0 Å². The summed E-state index contributed by atoms with van der Waals surface area (Å²) in [6.07, 6.45) is 5.59. The fraction of sp³-hybridized carbons (Fsp3) is 0.568. The summed E-state index contributed by atoms with van der Waals surface area (Å²) >= 11 is 0. The molecule has 0 saturated heterocycles. The first-order valence-corrected chi connectivity index (χ1v) is 16.3. The van der Waals surface area contributed by atoms with E-state index in [9.17, 15) is 23.4 Å². The van der Waals surface area contributed by atoms with Crippen LogP contribution >= 0.6 is 0 Å². The van der Waals surface area contributed by atoms with Crippen LogP contribution in [0.25, 0.3) is 11.1 Å². The molecule has 2 saturated carbocycles. The van der Waals surface area contributed by atoms with Gasteiger partial charge in [0.05, 0.1) is 26.4 Å². The van der Waals surface area contributed by atoms with E-state index in [0.717, 1.165) is 60.8 Å². The Hall–Kier alpha value is -2.77. The highest BCUT2D eigenvalue weighted by Gasteiger charge is 2.33. The first-order valence-electron chi connectivity index (χ1n) is 16.3. The van der Waals surface area contributed by atoms with Crippen molar-refractivity contribution < 1.29 is 32.9 Å². The Bertz CT molecular complexity index is 1150. The lowest BCUT2D eigenvalue weighted by atomic mass is 9.68. The van der Waals surface area contributed by atoms with Gasteiger partial charge in [0, 0.05) is 25.3 Å². The maximum atomic E-state index is 12.6. The molecule has 4 nitrogen and oxygen atoms in total. The molecule has 0 aliphatic heterocycles. The van der Waals surface area contributed by atoms with E-state index in [0.29, 0.717) is 61.7 Å². The number of rotatable bonds is 15. The van der Waals surface area contributed by atoms with Gasteiger partial charge in [-0.05, 0) is 109 Å². The highest BCUT2D eigenvalue weighted by molar-refractivity contribution is 5.67. The van der Waals surface area contributed by atoms with Gasteiger partial charge in [-0.3, -0.25) is 0 Å². The van der Waals surface area contributed by atoms with Crippen LogP contribution in [0.5, 0.6) is 11.5 Å². The number of alkyl halides is 3. The Balaban J connectivity index is 1.33. The number of benzene rings is 2. The number of aliphatic hydroxyl groups excluding tert-OH is 2. The molecule has 2 aliphatic carbocycles. The zero-order chi connectivity index (χ0) is 31.5. The van der Waals surface area contributed by atoms with Crippen LogP contribution < -0.4 is 9.47 Å². The molecule has 0 bridgehead atoms. The third kappa shape index (κ3) is 10.7. The van der Waals surface area contributed by atoms with Gasteiger partial charge in [0.15, 0.2) is 0 Å². The molecule has 0 unspecified atom stereocenters. The molecule has 44 heavy (non-hydrogen) atoms. The van der Waals surface area contributed by atoms with Gasteiger partial charge in [0.25, 0.3) is 0 Å². The largest absolute Gasteiger partial charge is 0.493 e. The average Bonchev–Trinajstić information content (AvgIpc) is 3.03. The van der Waals surface area contributed by atoms with E-state index in [4.69, 9.17) is 9.47 Å². The molecule has 2 aliphatic rings. The molecule has 7 heteroatoms. The van der Waals surface area contributed by atoms with Crippen LogP contribution in [0.2, 0.25) is 0 Å². The minimum Gasteiger partial charge on any atom is -0.493 e. The second kappa shape index (κ2) is 16.5. The molecule has 2 N–H and O–H groups in total. The van der Waals surface area contributed by atoms with Gasteiger partial charge >= 0.3 is 6.18 Å². The summed E-state index contributed by atoms with van der Waals surface area (Å²) in [5.74, 6) is 3.53. The highest BCUT2D eigenvalue weighted by atomic mass is 19.4. The van der Waals surface area contributed by atoms with Crippen LogP contribution in [0, 0.1) is 17.8 Å². The van der Waals surface area contributed by atoms with E-state index in [1.807, 2.05) is 18.2 Å². The summed E-state index contributed by atoms with van der Waals surface area (Å²) in [4.78, 5) is 0. The summed E-state index contributed by atoms with van der Waals surface area (Å²) in [5.41, 5.74) is 4.85. The zero-order valence-electron chi connectivity index (χ0n) is 25.9. The summed E-state index contributed by atoms with van der Waals surface area (Å²) in [5, 5.41) is 18.5. The first kappa shape index (κ1) is 34.1. The Labute approximate surface area is 261 Å². The van der Waals surface area contributed by atoms with Crippen molar-refractivity contribution in [1.29, 1.82) is 0 Å². The first-order chi connectivity index (χ1) is 21.1. The standard InChI is InChI=1S/C37H49F3O4/c1-26(24-41)16-19-43-35-21-34(22-36(23-35)44-20-17-27(2)25-42)33-13-11-32(12-14-33)31-9-7-30(8-10-31)29-5-3-28(4-6-29)15-18-37(38,39)40/h11-14,21-23,28-31,41-42H,1-10,15-20,24-25H2. The number of aliphatic hydroxyl groups is 2. The Morgan fingerprint density at radius 2 is 1.20 bits per heavy atom. The summed E-state index contributed by atoms with van der Waals surface area (Å²) in [6, 6.07) is 14.6. The maximum absolute atomic E-state index is 12.6. The van der Waals surface area contributed by atoms with E-state index >= 15 is 0 Å². The number of hydrogen-bond acceptors (Lipinski definition) is 4. The number of hydrogen-bond donors (Lipinski definition) is 2. The average molecular weight is 615 g/mol. The maximum Gasteiger partial charge on any atom is 0.389 e. The van der Waals surface area contributed by atoms with Gasteiger partial charge in [0.2, 0.25) is 0 Å². The van der Waals surface area contributed by atoms with Crippen molar-refractivity contribution in [2.24, 2.45) is 17.8 Å². The van der Waals surface area contributed by atoms with Gasteiger partial charge in [-0.25, -0.2) is 0 Å². The molecule has 2 fully saturated rings. The Morgan fingerprint density at radius 1 is 0.705 bits per heavy atom. The minimum atomic E-state index is -4.03. The predicted molar refractivity (Wildman–Crippen MR) is 170 cm³/mol. The van der Waals surface area contributed by atoms with Crippen LogP contribution in [-0.4, -0.2) is 42.8 Å². The van der Waals surface area contributed by atoms with Gasteiger partial charge in [-0.2, -0.15) is 13.2 Å². The second-order valence-electron chi connectivity index (χ2n) is 12.9. The van der Waals surface area contributed by atoms with Crippen LogP contribution in [-0.2, 0) is 0 Å². The summed E-state index contributed by atoms with van der Waals surface area (Å²) < 4.78 is 49.8. The van der Waals surface area contributed by atoms with Crippen molar-refractivity contribution in [2.75, 3.05) is 26.4 Å². The molecular weight excluding hydrogens is 565 g/mol. The zero-order valence-corrected chi connectivity index (χ0v) is 25.9. The lowest BCUT2D eigenvalue weighted by molar-refractivity contribution is -0.138. The van der Waals surface area contributed by atoms with Crippen molar-refractivity contribution >= 4 is 0 Å². The lowest BCUT2D eigenvalue weighted by Gasteiger charge is -2.38. The fourth-order valence-corrected chi connectivity index (χ4v) is 6.88. The van der Waals surface area contributed by atoms with Crippen LogP contribution in [0.15, 0.2) is 66.8 Å². The number of ether oxygens (including phenoxy) is 2. The normalized spacial score (nSPS) is 22.4. The van der Waals surface area contributed by atoms with Gasteiger partial charge in [0.1, 0.15) is 11.5 Å². The van der Waals surface area contributed by atoms with Gasteiger partial charge in [-0.15, -0.1) is 0 Å². The minimum absolute atomic E-state index is 0.0597. The van der Waals surface area contributed by atoms with Crippen molar-refractivity contribution in [1.82, 2.24) is 0 Å². The number of halogens is 3. The summed E-state index contributed by atoms with van der Waals surface area (Å²) in [6.45, 7) is 8.35. The molecule has 4 rings (SSSR count). The third-order valence-corrected chi connectivity index (χ3v) is 9.66. The van der Waals surface area contributed by atoms with E-state index in [-0.39, 0.29) is 19.1 Å². The van der Waals surface area contributed by atoms with E-state index in [1.165, 1.54) is 18.4 Å². The smallest absolute Gasteiger partial charge is 0.389 e. The molecule has 0 spiro atoms. The molecule has 2 aromatic rings. The van der Waals surface area contributed by atoms with Crippen LogP contribution in [0.1, 0.15) is 88.5 Å². The fourth-order valence-electron chi connectivity index (χ4n) is 6.88. The van der Waals surface area contributed by atoms with Crippen molar-refractivity contribution in [3.05, 3.63) is 72.3 Å². The quantitative estimate of drug-likeness (QED) is 0.196. The van der Waals surface area contributed by atoms with Gasteiger partial charge < -0.3 is 19.7 Å². The van der Waals surface area contributed by atoms with E-state index in [1.54, 1.807) is 0 Å². The monoisotopic (exact) mass is 614 g/mol. The van der Waals surface area contributed by atoms with E-state index < -0.39 is 12.6 Å². The Morgan fingerprint density at radius 3 is 1.68 bits per heavy atom. The molecule has 0 radical (unpaired) electrons. The third-order valence-electron chi connectivity index (χ3n) is 9.66. The SMILES string of the molecule is C=C(CO)CCOc1cc(OCCC(=C)CO)cc(-c2ccc(C3CCC(C4CCC(CCC(F)(F)F)CC4)CC3)cc2)c1. The molecule has 0 heterocycles. The van der Waals surface area contributed by atoms with Gasteiger partial charge in [-0.1, -0.05) is 50.3 Å². The molecule has 0 aromatic heterocycles. The molecular formula is C37H49F3O4. The van der Waals surface area contributed by atoms with Crippen LogP contribution in [0.4, 0.5) is 13.2 Å². The van der Waals surface area contributed by atoms with Crippen LogP contribution in [0.3, 0.4) is 0 Å². The predicted octanol–water partition coefficient (Wildman–Crippen LogP) is 9.41. The highest BCUT2D eigenvalue weighted by Crippen LogP contribution is 2.45. The molecule has 0 atom stereocenters. The molecule has 2 aromatic carbocycles. The molecule has 242 valence electrons. The van der Waals surface area contributed by atoms with E-state index in [2.05, 4.69) is 37.4 Å². The molecule has 0 amide bonds. The topological polar surface area (TPSA) is 58.9 Å². The Kier molecular flexibility index (Phi) is 12.8.